The topological polar surface area (TPSA) is 77.0 Å². The highest BCUT2D eigenvalue weighted by Gasteiger charge is 2.24. The number of carbonyl (C=O) groups is 1. The van der Waals surface area contributed by atoms with Crippen molar-refractivity contribution in [3.05, 3.63) is 58.1 Å². The van der Waals surface area contributed by atoms with Gasteiger partial charge in [0.2, 0.25) is 5.56 Å². The van der Waals surface area contributed by atoms with Gasteiger partial charge in [0.05, 0.1) is 18.0 Å². The molecule has 3 aromatic rings. The van der Waals surface area contributed by atoms with Crippen molar-refractivity contribution in [2.24, 2.45) is 0 Å². The number of carbonyl (C=O) groups excluding carboxylic acids is 1. The molecule has 0 fully saturated rings. The molecule has 0 aliphatic heterocycles. The minimum absolute atomic E-state index is 0.151. The van der Waals surface area contributed by atoms with Gasteiger partial charge in [-0.05, 0) is 37.3 Å². The summed E-state index contributed by atoms with van der Waals surface area (Å²) in [7, 11) is 0. The average molecular weight is 339 g/mol. The van der Waals surface area contributed by atoms with E-state index in [2.05, 4.69) is 10.1 Å². The first-order valence-corrected chi connectivity index (χ1v) is 8.21. The number of pyridine rings is 1. The lowest BCUT2D eigenvalue weighted by molar-refractivity contribution is 0.0515. The van der Waals surface area contributed by atoms with E-state index in [0.717, 1.165) is 22.3 Å². The summed E-state index contributed by atoms with van der Waals surface area (Å²) in [6, 6.07) is 10.5. The molecule has 6 nitrogen and oxygen atoms in total. The molecule has 2 aromatic heterocycles. The molecule has 2 heterocycles. The Hall–Kier alpha value is -2.89. The van der Waals surface area contributed by atoms with Crippen LogP contribution in [-0.2, 0) is 10.2 Å². The van der Waals surface area contributed by atoms with Crippen LogP contribution in [0.3, 0.4) is 0 Å². The largest absolute Gasteiger partial charge is 0.461 e. The first-order chi connectivity index (χ1) is 11.8. The van der Waals surface area contributed by atoms with E-state index in [1.54, 1.807) is 29.8 Å². The Kier molecular flexibility index (Phi) is 4.20. The van der Waals surface area contributed by atoms with Gasteiger partial charge in [-0.1, -0.05) is 20.8 Å². The van der Waals surface area contributed by atoms with Crippen molar-refractivity contribution in [3.8, 4) is 5.69 Å². The van der Waals surface area contributed by atoms with Gasteiger partial charge in [0.15, 0.2) is 5.69 Å². The number of nitrogens with one attached hydrogen (secondary N) is 1. The summed E-state index contributed by atoms with van der Waals surface area (Å²) in [5, 5.41) is 5.48. The number of fused-ring (bicyclic) bond motifs is 1. The monoisotopic (exact) mass is 339 g/mol. The van der Waals surface area contributed by atoms with Crippen molar-refractivity contribution >= 4 is 16.9 Å². The number of hydrogen-bond acceptors (Lipinski definition) is 4. The fourth-order valence-corrected chi connectivity index (χ4v) is 2.57. The van der Waals surface area contributed by atoms with Gasteiger partial charge in [-0.3, -0.25) is 4.79 Å². The van der Waals surface area contributed by atoms with Gasteiger partial charge in [0, 0.05) is 22.4 Å². The van der Waals surface area contributed by atoms with E-state index in [-0.39, 0.29) is 11.0 Å². The van der Waals surface area contributed by atoms with E-state index in [1.165, 1.54) is 6.07 Å². The fraction of sp³-hybridized carbons (Fsp3) is 0.316. The van der Waals surface area contributed by atoms with E-state index in [1.807, 2.05) is 32.9 Å². The Morgan fingerprint density at radius 1 is 1.20 bits per heavy atom. The Morgan fingerprint density at radius 2 is 1.96 bits per heavy atom. The van der Waals surface area contributed by atoms with Crippen LogP contribution in [0.2, 0.25) is 0 Å². The van der Waals surface area contributed by atoms with Gasteiger partial charge >= 0.3 is 5.97 Å². The summed E-state index contributed by atoms with van der Waals surface area (Å²) in [5.41, 5.74) is 2.30. The second-order valence-corrected chi connectivity index (χ2v) is 6.89. The highest BCUT2D eigenvalue weighted by Crippen LogP contribution is 2.25. The summed E-state index contributed by atoms with van der Waals surface area (Å²) in [6.45, 7) is 8.20. The fourth-order valence-electron chi connectivity index (χ4n) is 2.57. The normalized spacial score (nSPS) is 11.7. The van der Waals surface area contributed by atoms with Crippen molar-refractivity contribution in [1.82, 2.24) is 14.8 Å². The van der Waals surface area contributed by atoms with E-state index < -0.39 is 5.97 Å². The van der Waals surface area contributed by atoms with Crippen LogP contribution in [0.5, 0.6) is 0 Å². The maximum atomic E-state index is 12.4. The Labute approximate surface area is 145 Å². The Balaban J connectivity index is 2.17. The van der Waals surface area contributed by atoms with Gasteiger partial charge in [-0.2, -0.15) is 5.10 Å². The predicted octanol–water partition coefficient (Wildman–Crippen LogP) is 3.19. The van der Waals surface area contributed by atoms with E-state index in [4.69, 9.17) is 4.74 Å². The molecule has 0 aliphatic rings. The smallest absolute Gasteiger partial charge is 0.357 e. The molecular formula is C19H21N3O3. The third-order valence-corrected chi connectivity index (χ3v) is 3.91. The van der Waals surface area contributed by atoms with E-state index in [9.17, 15) is 9.59 Å². The number of ether oxygens (including phenoxy) is 1. The first-order valence-electron chi connectivity index (χ1n) is 8.21. The molecule has 1 aromatic carbocycles. The summed E-state index contributed by atoms with van der Waals surface area (Å²) in [5.74, 6) is -0.410. The number of H-pyrrole nitrogens is 1. The zero-order chi connectivity index (χ0) is 18.2. The van der Waals surface area contributed by atoms with Crippen LogP contribution in [0.4, 0.5) is 0 Å². The van der Waals surface area contributed by atoms with Crippen LogP contribution in [0.1, 0.15) is 43.9 Å². The molecule has 0 spiro atoms. The number of aromatic amines is 1. The Morgan fingerprint density at radius 3 is 2.64 bits per heavy atom. The number of benzene rings is 1. The van der Waals surface area contributed by atoms with Crippen molar-refractivity contribution in [2.75, 3.05) is 6.61 Å². The number of esters is 1. The SMILES string of the molecule is CCOC(=O)c1cc(C(C)(C)C)nn1-c1ccc2[nH]c(=O)ccc2c1. The van der Waals surface area contributed by atoms with E-state index >= 15 is 0 Å². The van der Waals surface area contributed by atoms with Crippen molar-refractivity contribution < 1.29 is 9.53 Å². The Bertz CT molecular complexity index is 993. The summed E-state index contributed by atoms with van der Waals surface area (Å²) >= 11 is 0. The van der Waals surface area contributed by atoms with Crippen LogP contribution in [0, 0.1) is 0 Å². The molecular weight excluding hydrogens is 318 g/mol. The highest BCUT2D eigenvalue weighted by atomic mass is 16.5. The zero-order valence-corrected chi connectivity index (χ0v) is 14.8. The number of hydrogen-bond donors (Lipinski definition) is 1. The highest BCUT2D eigenvalue weighted by molar-refractivity contribution is 5.89. The summed E-state index contributed by atoms with van der Waals surface area (Å²) in [4.78, 5) is 26.6. The van der Waals surface area contributed by atoms with Gasteiger partial charge in [0.25, 0.3) is 0 Å². The molecule has 25 heavy (non-hydrogen) atoms. The molecule has 0 saturated heterocycles. The quantitative estimate of drug-likeness (QED) is 0.744. The molecule has 0 aliphatic carbocycles. The lowest BCUT2D eigenvalue weighted by Crippen LogP contribution is -2.13. The summed E-state index contributed by atoms with van der Waals surface area (Å²) in [6.07, 6.45) is 0. The second-order valence-electron chi connectivity index (χ2n) is 6.89. The van der Waals surface area contributed by atoms with Crippen molar-refractivity contribution in [1.29, 1.82) is 0 Å². The minimum atomic E-state index is -0.410. The number of aromatic nitrogens is 3. The van der Waals surface area contributed by atoms with Gasteiger partial charge in [-0.25, -0.2) is 9.48 Å². The molecule has 130 valence electrons. The van der Waals surface area contributed by atoms with Crippen LogP contribution < -0.4 is 5.56 Å². The van der Waals surface area contributed by atoms with Crippen LogP contribution in [0.25, 0.3) is 16.6 Å². The van der Waals surface area contributed by atoms with Gasteiger partial charge < -0.3 is 9.72 Å². The van der Waals surface area contributed by atoms with Crippen molar-refractivity contribution in [3.63, 3.8) is 0 Å². The lowest BCUT2D eigenvalue weighted by atomic mass is 9.92. The van der Waals surface area contributed by atoms with Crippen molar-refractivity contribution in [2.45, 2.75) is 33.1 Å². The van der Waals surface area contributed by atoms with Gasteiger partial charge in [0.1, 0.15) is 0 Å². The maximum Gasteiger partial charge on any atom is 0.357 e. The molecule has 6 heteroatoms. The lowest BCUT2D eigenvalue weighted by Gasteiger charge is -2.14. The molecule has 0 bridgehead atoms. The number of rotatable bonds is 3. The number of nitrogens with zero attached hydrogens (tertiary/aromatic N) is 2. The van der Waals surface area contributed by atoms with Crippen LogP contribution >= 0.6 is 0 Å². The zero-order valence-electron chi connectivity index (χ0n) is 14.8. The van der Waals surface area contributed by atoms with Crippen LogP contribution in [-0.4, -0.2) is 27.3 Å². The molecule has 1 N–H and O–H groups in total. The average Bonchev–Trinajstić information content (AvgIpc) is 3.00. The molecule has 0 atom stereocenters. The molecule has 3 rings (SSSR count). The first kappa shape index (κ1) is 17.0. The molecule has 0 unspecified atom stereocenters. The maximum absolute atomic E-state index is 12.4. The standard InChI is InChI=1S/C19H21N3O3/c1-5-25-18(24)15-11-16(19(2,3)4)21-22(15)13-7-8-14-12(10-13)6-9-17(23)20-14/h6-11H,5H2,1-4H3,(H,20,23). The molecule has 0 amide bonds. The van der Waals surface area contributed by atoms with E-state index in [0.29, 0.717) is 12.3 Å². The molecule has 0 saturated carbocycles. The second kappa shape index (κ2) is 6.20. The molecule has 0 radical (unpaired) electrons. The van der Waals surface area contributed by atoms with Gasteiger partial charge in [-0.15, -0.1) is 0 Å². The third kappa shape index (κ3) is 3.33. The predicted molar refractivity (Wildman–Crippen MR) is 96.3 cm³/mol. The minimum Gasteiger partial charge on any atom is -0.461 e. The van der Waals surface area contributed by atoms with Crippen LogP contribution in [0.15, 0.2) is 41.2 Å². The summed E-state index contributed by atoms with van der Waals surface area (Å²) < 4.78 is 6.77. The third-order valence-electron chi connectivity index (χ3n) is 3.91.